The van der Waals surface area contributed by atoms with Crippen LogP contribution in [0.2, 0.25) is 0 Å². The highest BCUT2D eigenvalue weighted by Crippen LogP contribution is 2.10. The summed E-state index contributed by atoms with van der Waals surface area (Å²) in [6.07, 6.45) is 0. The van der Waals surface area contributed by atoms with E-state index in [9.17, 15) is 4.79 Å². The van der Waals surface area contributed by atoms with Crippen molar-refractivity contribution in [3.05, 3.63) is 35.4 Å². The fourth-order valence-electron chi connectivity index (χ4n) is 1.57. The monoisotopic (exact) mass is 218 g/mol. The molecule has 0 atom stereocenters. The summed E-state index contributed by atoms with van der Waals surface area (Å²) in [6, 6.07) is 7.35. The average Bonchev–Trinajstić information content (AvgIpc) is 2.83. The first-order valence-electron chi connectivity index (χ1n) is 5.27. The molecule has 1 aromatic carbocycles. The lowest BCUT2D eigenvalue weighted by molar-refractivity contribution is 0.0993. The smallest absolute Gasteiger partial charge is 0.216 e. The van der Waals surface area contributed by atoms with Crippen molar-refractivity contribution in [2.24, 2.45) is 4.99 Å². The Morgan fingerprint density at radius 1 is 1.44 bits per heavy atom. The van der Waals surface area contributed by atoms with E-state index >= 15 is 0 Å². The van der Waals surface area contributed by atoms with Crippen molar-refractivity contribution in [1.82, 2.24) is 5.32 Å². The summed E-state index contributed by atoms with van der Waals surface area (Å²) in [6.45, 7) is 1.72. The maximum atomic E-state index is 11.6. The molecule has 1 aromatic rings. The van der Waals surface area contributed by atoms with Gasteiger partial charge in [0.15, 0.2) is 5.78 Å². The normalized spacial score (nSPS) is 14.4. The number of nitrogens with zero attached hydrogens (tertiary/aromatic N) is 1. The molecule has 1 heterocycles. The van der Waals surface area contributed by atoms with Gasteiger partial charge in [-0.2, -0.15) is 0 Å². The third kappa shape index (κ3) is 2.28. The number of hydrogen-bond donors (Lipinski definition) is 1. The highest BCUT2D eigenvalue weighted by Gasteiger charge is 2.11. The van der Waals surface area contributed by atoms with Gasteiger partial charge in [-0.05, 0) is 19.2 Å². The third-order valence-electron chi connectivity index (χ3n) is 2.38. The van der Waals surface area contributed by atoms with Crippen molar-refractivity contribution in [2.45, 2.75) is 0 Å². The van der Waals surface area contributed by atoms with Crippen LogP contribution in [0.15, 0.2) is 29.3 Å². The van der Waals surface area contributed by atoms with E-state index in [0.29, 0.717) is 24.6 Å². The Hall–Kier alpha value is -1.68. The van der Waals surface area contributed by atoms with Crippen LogP contribution in [0, 0.1) is 0 Å². The van der Waals surface area contributed by atoms with Gasteiger partial charge in [0.2, 0.25) is 5.90 Å². The second kappa shape index (κ2) is 4.90. The largest absolute Gasteiger partial charge is 0.476 e. The summed E-state index contributed by atoms with van der Waals surface area (Å²) >= 11 is 0. The molecule has 4 nitrogen and oxygen atoms in total. The number of Topliss-reactive ketones (excluding diaryl/α,β-unsaturated/α-hetero) is 1. The summed E-state index contributed by atoms with van der Waals surface area (Å²) in [7, 11) is 1.76. The summed E-state index contributed by atoms with van der Waals surface area (Å²) in [5.41, 5.74) is 1.63. The van der Waals surface area contributed by atoms with Crippen LogP contribution in [0.1, 0.15) is 15.9 Å². The number of rotatable bonds is 4. The maximum absolute atomic E-state index is 11.6. The number of ketones is 1. The van der Waals surface area contributed by atoms with Crippen molar-refractivity contribution >= 4 is 11.7 Å². The zero-order valence-corrected chi connectivity index (χ0v) is 9.19. The molecule has 0 aliphatic carbocycles. The van der Waals surface area contributed by atoms with Crippen LogP contribution in [0.5, 0.6) is 0 Å². The van der Waals surface area contributed by atoms with Gasteiger partial charge in [-0.25, -0.2) is 4.99 Å². The molecule has 0 radical (unpaired) electrons. The Morgan fingerprint density at radius 2 is 2.19 bits per heavy atom. The molecule has 0 bridgehead atoms. The molecule has 0 saturated heterocycles. The van der Waals surface area contributed by atoms with Crippen LogP contribution in [-0.4, -0.2) is 38.4 Å². The molecule has 4 heteroatoms. The Bertz CT molecular complexity index is 410. The average molecular weight is 218 g/mol. The lowest BCUT2D eigenvalue weighted by Gasteiger charge is -2.03. The molecule has 1 aliphatic heterocycles. The van der Waals surface area contributed by atoms with Crippen LogP contribution >= 0.6 is 0 Å². The molecule has 0 unspecified atom stereocenters. The summed E-state index contributed by atoms with van der Waals surface area (Å²) in [5.74, 6) is 0.760. The zero-order valence-electron chi connectivity index (χ0n) is 9.19. The zero-order chi connectivity index (χ0) is 11.4. The first-order chi connectivity index (χ1) is 7.81. The number of carbonyl (C=O) groups is 1. The molecule has 1 N–H and O–H groups in total. The molecule has 16 heavy (non-hydrogen) atoms. The fourth-order valence-corrected chi connectivity index (χ4v) is 1.57. The Kier molecular flexibility index (Phi) is 3.31. The topological polar surface area (TPSA) is 50.7 Å². The predicted molar refractivity (Wildman–Crippen MR) is 62.1 cm³/mol. The van der Waals surface area contributed by atoms with E-state index < -0.39 is 0 Å². The number of ether oxygens (including phenoxy) is 1. The second-order valence-corrected chi connectivity index (χ2v) is 3.57. The van der Waals surface area contributed by atoms with E-state index in [2.05, 4.69) is 10.3 Å². The van der Waals surface area contributed by atoms with Gasteiger partial charge in [0.1, 0.15) is 6.61 Å². The minimum Gasteiger partial charge on any atom is -0.476 e. The van der Waals surface area contributed by atoms with E-state index in [4.69, 9.17) is 4.74 Å². The number of benzene rings is 1. The minimum atomic E-state index is 0.0864. The highest BCUT2D eigenvalue weighted by atomic mass is 16.5. The van der Waals surface area contributed by atoms with Crippen LogP contribution in [0.25, 0.3) is 0 Å². The highest BCUT2D eigenvalue weighted by molar-refractivity contribution is 5.99. The van der Waals surface area contributed by atoms with Crippen molar-refractivity contribution in [2.75, 3.05) is 26.7 Å². The quantitative estimate of drug-likeness (QED) is 0.763. The summed E-state index contributed by atoms with van der Waals surface area (Å²) in [5, 5.41) is 2.84. The maximum Gasteiger partial charge on any atom is 0.216 e. The molecule has 2 rings (SSSR count). The van der Waals surface area contributed by atoms with E-state index in [1.165, 1.54) is 0 Å². The van der Waals surface area contributed by atoms with E-state index in [0.717, 1.165) is 12.1 Å². The van der Waals surface area contributed by atoms with Gasteiger partial charge in [0.05, 0.1) is 13.1 Å². The first kappa shape index (κ1) is 10.8. The van der Waals surface area contributed by atoms with Crippen molar-refractivity contribution in [3.8, 4) is 0 Å². The number of carbonyl (C=O) groups excluding carboxylic acids is 1. The standard InChI is InChI=1S/C12H14N2O2/c1-13-8-11(15)9-2-4-10(5-3-9)12-14-6-7-16-12/h2-5,13H,6-8H2,1H3. The molecule has 84 valence electrons. The number of nitrogens with one attached hydrogen (secondary N) is 1. The molecular formula is C12H14N2O2. The number of hydrogen-bond acceptors (Lipinski definition) is 4. The van der Waals surface area contributed by atoms with Gasteiger partial charge in [-0.15, -0.1) is 0 Å². The van der Waals surface area contributed by atoms with E-state index in [-0.39, 0.29) is 5.78 Å². The SMILES string of the molecule is CNCC(=O)c1ccc(C2=NCCO2)cc1. The second-order valence-electron chi connectivity index (χ2n) is 3.57. The molecule has 0 saturated carbocycles. The lowest BCUT2D eigenvalue weighted by atomic mass is 10.1. The summed E-state index contributed by atoms with van der Waals surface area (Å²) in [4.78, 5) is 15.8. The van der Waals surface area contributed by atoms with Crippen molar-refractivity contribution < 1.29 is 9.53 Å². The fraction of sp³-hybridized carbons (Fsp3) is 0.333. The number of likely N-dealkylation sites (N-methyl/N-ethyl adjacent to an activating group) is 1. The molecule has 1 aliphatic rings. The Labute approximate surface area is 94.3 Å². The van der Waals surface area contributed by atoms with Crippen LogP contribution in [-0.2, 0) is 4.74 Å². The molecule has 0 fully saturated rings. The molecule has 0 amide bonds. The predicted octanol–water partition coefficient (Wildman–Crippen LogP) is 0.866. The van der Waals surface area contributed by atoms with Crippen LogP contribution < -0.4 is 5.32 Å². The van der Waals surface area contributed by atoms with E-state index in [1.807, 2.05) is 12.1 Å². The van der Waals surface area contributed by atoms with Gasteiger partial charge in [-0.1, -0.05) is 12.1 Å². The van der Waals surface area contributed by atoms with Gasteiger partial charge in [-0.3, -0.25) is 4.79 Å². The Balaban J connectivity index is 2.13. The third-order valence-corrected chi connectivity index (χ3v) is 2.38. The number of aliphatic imine (C=N–C) groups is 1. The van der Waals surface area contributed by atoms with Crippen LogP contribution in [0.4, 0.5) is 0 Å². The Morgan fingerprint density at radius 3 is 2.75 bits per heavy atom. The molecular weight excluding hydrogens is 204 g/mol. The van der Waals surface area contributed by atoms with Gasteiger partial charge < -0.3 is 10.1 Å². The van der Waals surface area contributed by atoms with Crippen molar-refractivity contribution in [3.63, 3.8) is 0 Å². The minimum absolute atomic E-state index is 0.0864. The first-order valence-corrected chi connectivity index (χ1v) is 5.27. The van der Waals surface area contributed by atoms with Gasteiger partial charge in [0.25, 0.3) is 0 Å². The molecule has 0 aromatic heterocycles. The lowest BCUT2D eigenvalue weighted by Crippen LogP contribution is -2.18. The molecule has 0 spiro atoms. The van der Waals surface area contributed by atoms with E-state index in [1.54, 1.807) is 19.2 Å². The van der Waals surface area contributed by atoms with Gasteiger partial charge >= 0.3 is 0 Å². The summed E-state index contributed by atoms with van der Waals surface area (Å²) < 4.78 is 5.34. The van der Waals surface area contributed by atoms with Gasteiger partial charge in [0, 0.05) is 11.1 Å². The van der Waals surface area contributed by atoms with Crippen LogP contribution in [0.3, 0.4) is 0 Å². The van der Waals surface area contributed by atoms with Crippen molar-refractivity contribution in [1.29, 1.82) is 0 Å².